The van der Waals surface area contributed by atoms with Crippen molar-refractivity contribution < 1.29 is 9.53 Å². The van der Waals surface area contributed by atoms with E-state index in [0.29, 0.717) is 5.92 Å². The van der Waals surface area contributed by atoms with Gasteiger partial charge in [0.15, 0.2) is 0 Å². The molecular weight excluding hydrogens is 294 g/mol. The molecule has 1 heterocycles. The van der Waals surface area contributed by atoms with Gasteiger partial charge in [-0.25, -0.2) is 4.79 Å². The van der Waals surface area contributed by atoms with Crippen molar-refractivity contribution in [2.45, 2.75) is 57.9 Å². The molecule has 1 aromatic rings. The summed E-state index contributed by atoms with van der Waals surface area (Å²) in [5.41, 5.74) is 1.89. The number of ether oxygens (including phenoxy) is 1. The van der Waals surface area contributed by atoms with E-state index < -0.39 is 0 Å². The first-order chi connectivity index (χ1) is 10.5. The summed E-state index contributed by atoms with van der Waals surface area (Å²) < 4.78 is 4.89. The summed E-state index contributed by atoms with van der Waals surface area (Å²) in [4.78, 5) is 15.6. The van der Waals surface area contributed by atoms with E-state index in [1.165, 1.54) is 37.7 Å². The van der Waals surface area contributed by atoms with Gasteiger partial charge in [0.25, 0.3) is 0 Å². The van der Waals surface area contributed by atoms with E-state index in [1.807, 2.05) is 5.38 Å². The molecule has 0 saturated heterocycles. The molecule has 1 atom stereocenters. The number of carbonyl (C=O) groups is 1. The van der Waals surface area contributed by atoms with Crippen LogP contribution in [0.1, 0.15) is 65.7 Å². The van der Waals surface area contributed by atoms with E-state index in [2.05, 4.69) is 32.8 Å². The smallest absolute Gasteiger partial charge is 0.338 e. The Kier molecular flexibility index (Phi) is 6.04. The van der Waals surface area contributed by atoms with Crippen LogP contribution in [0.5, 0.6) is 0 Å². The molecule has 1 fully saturated rings. The van der Waals surface area contributed by atoms with Crippen molar-refractivity contribution in [1.82, 2.24) is 4.90 Å². The van der Waals surface area contributed by atoms with Crippen LogP contribution in [0.15, 0.2) is 5.38 Å². The molecule has 0 unspecified atom stereocenters. The highest BCUT2D eigenvalue weighted by molar-refractivity contribution is 7.10. The fourth-order valence-electron chi connectivity index (χ4n) is 3.86. The van der Waals surface area contributed by atoms with Gasteiger partial charge < -0.3 is 9.64 Å². The monoisotopic (exact) mass is 323 g/mol. The third-order valence-corrected chi connectivity index (χ3v) is 6.52. The fraction of sp³-hybridized carbons (Fsp3) is 0.722. The first kappa shape index (κ1) is 17.5. The van der Waals surface area contributed by atoms with Gasteiger partial charge in [0, 0.05) is 16.3 Å². The number of rotatable bonds is 5. The second-order valence-corrected chi connectivity index (χ2v) is 7.59. The molecule has 0 N–H and O–H groups in total. The predicted molar refractivity (Wildman–Crippen MR) is 92.9 cm³/mol. The normalized spacial score (nSPS) is 23.5. The van der Waals surface area contributed by atoms with Gasteiger partial charge in [0.2, 0.25) is 0 Å². The second-order valence-electron chi connectivity index (χ2n) is 6.68. The van der Waals surface area contributed by atoms with Crippen LogP contribution in [-0.2, 0) is 4.74 Å². The summed E-state index contributed by atoms with van der Waals surface area (Å²) in [6.45, 7) is 4.35. The van der Waals surface area contributed by atoms with Gasteiger partial charge in [-0.3, -0.25) is 0 Å². The van der Waals surface area contributed by atoms with E-state index in [1.54, 1.807) is 11.3 Å². The summed E-state index contributed by atoms with van der Waals surface area (Å²) in [5.74, 6) is 1.14. The van der Waals surface area contributed by atoms with E-state index in [-0.39, 0.29) is 5.97 Å². The highest BCUT2D eigenvalue weighted by Gasteiger charge is 2.31. The highest BCUT2D eigenvalue weighted by atomic mass is 32.1. The van der Waals surface area contributed by atoms with Crippen molar-refractivity contribution in [3.8, 4) is 0 Å². The molecule has 1 saturated carbocycles. The number of hydrogen-bond acceptors (Lipinski definition) is 4. The maximum Gasteiger partial charge on any atom is 0.338 e. The molecule has 4 heteroatoms. The average Bonchev–Trinajstić information content (AvgIpc) is 2.90. The Morgan fingerprint density at radius 1 is 1.36 bits per heavy atom. The van der Waals surface area contributed by atoms with Crippen LogP contribution < -0.4 is 0 Å². The molecule has 0 bridgehead atoms. The Bertz CT molecular complexity index is 501. The molecule has 22 heavy (non-hydrogen) atoms. The van der Waals surface area contributed by atoms with Crippen LogP contribution in [0.25, 0.3) is 0 Å². The number of nitrogens with zero attached hydrogens (tertiary/aromatic N) is 1. The Labute approximate surface area is 138 Å². The second kappa shape index (κ2) is 7.60. The van der Waals surface area contributed by atoms with Gasteiger partial charge in [-0.05, 0) is 70.5 Å². The third-order valence-electron chi connectivity index (χ3n) is 5.30. The zero-order valence-electron chi connectivity index (χ0n) is 14.5. The lowest BCUT2D eigenvalue weighted by molar-refractivity contribution is 0.0600. The first-order valence-electron chi connectivity index (χ1n) is 8.32. The molecule has 1 aromatic heterocycles. The molecule has 124 valence electrons. The number of carbonyl (C=O) groups excluding carboxylic acids is 1. The standard InChI is InChI=1S/C18H29NO2S/c1-6-15(13-7-9-14(10-8-13)19(3)4)17-12(2)16(11-22-17)18(20)21-5/h11,13-15H,6-10H2,1-5H3/t13?,14?,15-/m1/s1. The van der Waals surface area contributed by atoms with Gasteiger partial charge in [-0.2, -0.15) is 0 Å². The minimum absolute atomic E-state index is 0.203. The van der Waals surface area contributed by atoms with Gasteiger partial charge in [0.1, 0.15) is 0 Å². The number of thiophene rings is 1. The molecule has 2 rings (SSSR count). The molecular formula is C18H29NO2S. The van der Waals surface area contributed by atoms with E-state index >= 15 is 0 Å². The minimum atomic E-state index is -0.203. The number of methoxy groups -OCH3 is 1. The SMILES string of the molecule is CC[C@@H](c1scc(C(=O)OC)c1C)C1CCC(N(C)C)CC1. The largest absolute Gasteiger partial charge is 0.465 e. The molecule has 0 spiro atoms. The van der Waals surface area contributed by atoms with E-state index in [4.69, 9.17) is 4.74 Å². The molecule has 0 aliphatic heterocycles. The molecule has 0 amide bonds. The lowest BCUT2D eigenvalue weighted by Gasteiger charge is -2.36. The van der Waals surface area contributed by atoms with Crippen LogP contribution in [0, 0.1) is 12.8 Å². The fourth-order valence-corrected chi connectivity index (χ4v) is 5.20. The Morgan fingerprint density at radius 3 is 2.50 bits per heavy atom. The van der Waals surface area contributed by atoms with Gasteiger partial charge in [0.05, 0.1) is 12.7 Å². The van der Waals surface area contributed by atoms with Crippen LogP contribution in [0.4, 0.5) is 0 Å². The van der Waals surface area contributed by atoms with Gasteiger partial charge in [-0.15, -0.1) is 11.3 Å². The van der Waals surface area contributed by atoms with Gasteiger partial charge in [-0.1, -0.05) is 6.92 Å². The molecule has 0 radical (unpaired) electrons. The maximum atomic E-state index is 11.8. The number of hydrogen-bond donors (Lipinski definition) is 0. The predicted octanol–water partition coefficient (Wildman–Crippen LogP) is 4.46. The van der Waals surface area contributed by atoms with Crippen molar-refractivity contribution in [2.75, 3.05) is 21.2 Å². The Balaban J connectivity index is 2.13. The van der Waals surface area contributed by atoms with E-state index in [9.17, 15) is 4.79 Å². The molecule has 1 aliphatic rings. The zero-order valence-corrected chi connectivity index (χ0v) is 15.3. The van der Waals surface area contributed by atoms with Crippen molar-refractivity contribution in [1.29, 1.82) is 0 Å². The van der Waals surface area contributed by atoms with Crippen molar-refractivity contribution in [2.24, 2.45) is 5.92 Å². The van der Waals surface area contributed by atoms with Crippen molar-refractivity contribution in [3.05, 3.63) is 21.4 Å². The van der Waals surface area contributed by atoms with Gasteiger partial charge >= 0.3 is 5.97 Å². The number of esters is 1. The van der Waals surface area contributed by atoms with Crippen LogP contribution in [0.2, 0.25) is 0 Å². The molecule has 1 aliphatic carbocycles. The summed E-state index contributed by atoms with van der Waals surface area (Å²) in [5, 5.41) is 1.98. The average molecular weight is 324 g/mol. The first-order valence-corrected chi connectivity index (χ1v) is 9.20. The summed E-state index contributed by atoms with van der Waals surface area (Å²) in [6, 6.07) is 0.740. The minimum Gasteiger partial charge on any atom is -0.465 e. The van der Waals surface area contributed by atoms with Crippen molar-refractivity contribution >= 4 is 17.3 Å². The third kappa shape index (κ3) is 3.54. The maximum absolute atomic E-state index is 11.8. The van der Waals surface area contributed by atoms with Crippen LogP contribution in [-0.4, -0.2) is 38.1 Å². The quantitative estimate of drug-likeness (QED) is 0.749. The molecule has 3 nitrogen and oxygen atoms in total. The zero-order chi connectivity index (χ0) is 16.3. The van der Waals surface area contributed by atoms with Crippen molar-refractivity contribution in [3.63, 3.8) is 0 Å². The Hall–Kier alpha value is -0.870. The highest BCUT2D eigenvalue weighted by Crippen LogP contribution is 2.42. The lowest BCUT2D eigenvalue weighted by Crippen LogP contribution is -2.33. The van der Waals surface area contributed by atoms with Crippen LogP contribution >= 0.6 is 11.3 Å². The Morgan fingerprint density at radius 2 is 2.00 bits per heavy atom. The lowest BCUT2D eigenvalue weighted by atomic mass is 9.75. The molecule has 0 aromatic carbocycles. The van der Waals surface area contributed by atoms with Crippen LogP contribution in [0.3, 0.4) is 0 Å². The summed E-state index contributed by atoms with van der Waals surface area (Å²) >= 11 is 1.74. The van der Waals surface area contributed by atoms with E-state index in [0.717, 1.165) is 29.5 Å². The summed E-state index contributed by atoms with van der Waals surface area (Å²) in [6.07, 6.45) is 6.34. The topological polar surface area (TPSA) is 29.5 Å². The summed E-state index contributed by atoms with van der Waals surface area (Å²) in [7, 11) is 5.83.